The lowest BCUT2D eigenvalue weighted by atomic mass is 9.96. The monoisotopic (exact) mass is 358 g/mol. The maximum atomic E-state index is 9.88. The van der Waals surface area contributed by atoms with Crippen LogP contribution in [0.1, 0.15) is 36.6 Å². The van der Waals surface area contributed by atoms with Crippen LogP contribution >= 0.6 is 0 Å². The molecule has 1 atom stereocenters. The molecule has 0 bridgehead atoms. The Hall–Kier alpha value is -3.34. The van der Waals surface area contributed by atoms with E-state index in [0.29, 0.717) is 5.75 Å². The van der Waals surface area contributed by atoms with E-state index in [1.165, 1.54) is 0 Å². The molecule has 1 aliphatic heterocycles. The number of fused-ring (bicyclic) bond motifs is 2. The van der Waals surface area contributed by atoms with Crippen molar-refractivity contribution in [2.24, 2.45) is 0 Å². The smallest absolute Gasteiger partial charge is 0.160 e. The highest BCUT2D eigenvalue weighted by molar-refractivity contribution is 6.00. The van der Waals surface area contributed by atoms with E-state index in [1.54, 1.807) is 6.07 Å². The van der Waals surface area contributed by atoms with Crippen molar-refractivity contribution in [3.05, 3.63) is 71.5 Å². The number of nitrogens with zero attached hydrogens (tertiary/aromatic N) is 2. The number of anilines is 1. The third kappa shape index (κ3) is 2.72. The van der Waals surface area contributed by atoms with Crippen LogP contribution in [0.4, 0.5) is 5.69 Å². The van der Waals surface area contributed by atoms with Gasteiger partial charge in [-0.3, -0.25) is 0 Å². The van der Waals surface area contributed by atoms with Crippen LogP contribution < -0.4 is 5.32 Å². The number of para-hydroxylation sites is 1. The van der Waals surface area contributed by atoms with E-state index < -0.39 is 0 Å². The SMILES string of the molecule is CC.Cc1cc(C2Nc3ccccc3-c3cnnc4[nH]cc2c34)ccc1O. The summed E-state index contributed by atoms with van der Waals surface area (Å²) >= 11 is 0. The van der Waals surface area contributed by atoms with Gasteiger partial charge in [0.2, 0.25) is 0 Å². The van der Waals surface area contributed by atoms with Crippen LogP contribution in [-0.2, 0) is 0 Å². The van der Waals surface area contributed by atoms with Gasteiger partial charge >= 0.3 is 0 Å². The first-order chi connectivity index (χ1) is 13.2. The molecule has 2 aromatic heterocycles. The van der Waals surface area contributed by atoms with Crippen molar-refractivity contribution in [1.82, 2.24) is 15.2 Å². The first kappa shape index (κ1) is 17.1. The lowest BCUT2D eigenvalue weighted by Crippen LogP contribution is -2.11. The number of aryl methyl sites for hydroxylation is 1. The molecule has 0 saturated carbocycles. The number of rotatable bonds is 1. The summed E-state index contributed by atoms with van der Waals surface area (Å²) in [6.07, 6.45) is 3.82. The quantitative estimate of drug-likeness (QED) is 0.438. The number of phenolic OH excluding ortho intramolecular Hbond substituents is 1. The molecule has 5 rings (SSSR count). The Balaban J connectivity index is 0.000000872. The second-order valence-electron chi connectivity index (χ2n) is 6.39. The Bertz CT molecular complexity index is 1120. The van der Waals surface area contributed by atoms with E-state index in [4.69, 9.17) is 0 Å². The molecule has 5 heteroatoms. The summed E-state index contributed by atoms with van der Waals surface area (Å²) in [6, 6.07) is 13.9. The third-order valence-corrected chi connectivity index (χ3v) is 4.89. The summed E-state index contributed by atoms with van der Waals surface area (Å²) in [6.45, 7) is 5.91. The second-order valence-corrected chi connectivity index (χ2v) is 6.39. The molecule has 0 amide bonds. The zero-order valence-corrected chi connectivity index (χ0v) is 15.6. The molecule has 1 unspecified atom stereocenters. The molecule has 2 aromatic carbocycles. The number of aromatic nitrogens is 3. The number of nitrogens with one attached hydrogen (secondary N) is 2. The Kier molecular flexibility index (Phi) is 4.28. The average molecular weight is 358 g/mol. The molecular weight excluding hydrogens is 336 g/mol. The van der Waals surface area contributed by atoms with Crippen molar-refractivity contribution in [3.8, 4) is 16.9 Å². The van der Waals surface area contributed by atoms with Crippen molar-refractivity contribution in [2.45, 2.75) is 26.8 Å². The molecule has 136 valence electrons. The number of benzene rings is 2. The van der Waals surface area contributed by atoms with Gasteiger partial charge in [0.05, 0.1) is 12.2 Å². The second kappa shape index (κ2) is 6.76. The number of aromatic amines is 1. The van der Waals surface area contributed by atoms with Gasteiger partial charge in [0.25, 0.3) is 0 Å². The molecular formula is C22H22N4O. The summed E-state index contributed by atoms with van der Waals surface area (Å²) in [5.74, 6) is 0.309. The summed E-state index contributed by atoms with van der Waals surface area (Å²) in [5.41, 5.74) is 7.10. The summed E-state index contributed by atoms with van der Waals surface area (Å²) in [5, 5.41) is 23.0. The van der Waals surface area contributed by atoms with E-state index in [2.05, 4.69) is 32.6 Å². The predicted molar refractivity (Wildman–Crippen MR) is 109 cm³/mol. The molecule has 0 spiro atoms. The van der Waals surface area contributed by atoms with Crippen LogP contribution in [-0.4, -0.2) is 20.3 Å². The van der Waals surface area contributed by atoms with E-state index in [1.807, 2.05) is 57.4 Å². The van der Waals surface area contributed by atoms with Crippen molar-refractivity contribution in [3.63, 3.8) is 0 Å². The van der Waals surface area contributed by atoms with Crippen molar-refractivity contribution >= 4 is 16.7 Å². The van der Waals surface area contributed by atoms with Gasteiger partial charge in [-0.05, 0) is 36.2 Å². The lowest BCUT2D eigenvalue weighted by molar-refractivity contribution is 0.471. The zero-order chi connectivity index (χ0) is 19.0. The Morgan fingerprint density at radius 3 is 2.67 bits per heavy atom. The van der Waals surface area contributed by atoms with Crippen LogP contribution in [0.15, 0.2) is 54.9 Å². The number of aromatic hydroxyl groups is 1. The average Bonchev–Trinajstić information content (AvgIpc) is 3.08. The topological polar surface area (TPSA) is 73.8 Å². The maximum Gasteiger partial charge on any atom is 0.160 e. The van der Waals surface area contributed by atoms with Crippen molar-refractivity contribution < 1.29 is 5.11 Å². The Labute approximate surface area is 158 Å². The van der Waals surface area contributed by atoms with Gasteiger partial charge in [-0.25, -0.2) is 0 Å². The summed E-state index contributed by atoms with van der Waals surface area (Å²) < 4.78 is 0. The van der Waals surface area contributed by atoms with Gasteiger partial charge in [0.15, 0.2) is 5.65 Å². The van der Waals surface area contributed by atoms with E-state index in [-0.39, 0.29) is 6.04 Å². The number of H-pyrrole nitrogens is 1. The van der Waals surface area contributed by atoms with Crippen LogP contribution in [0.2, 0.25) is 0 Å². The standard InChI is InChI=1S/C20H16N4O.C2H6/c1-11-8-12(6-7-17(11)25)19-15-9-21-20-18(15)14(10-22-24-20)13-4-2-3-5-16(13)23-19;1-2/h2-10,19,23,25H,1H3,(H,21,24);1-2H3. The molecule has 5 nitrogen and oxygen atoms in total. The normalized spacial score (nSPS) is 14.6. The van der Waals surface area contributed by atoms with Crippen LogP contribution in [0.3, 0.4) is 0 Å². The molecule has 4 aromatic rings. The fourth-order valence-electron chi connectivity index (χ4n) is 3.63. The highest BCUT2D eigenvalue weighted by atomic mass is 16.3. The highest BCUT2D eigenvalue weighted by Gasteiger charge is 2.26. The van der Waals surface area contributed by atoms with Crippen LogP contribution in [0, 0.1) is 6.92 Å². The van der Waals surface area contributed by atoms with Gasteiger partial charge < -0.3 is 15.4 Å². The minimum Gasteiger partial charge on any atom is -0.508 e. The Morgan fingerprint density at radius 1 is 1.04 bits per heavy atom. The zero-order valence-electron chi connectivity index (χ0n) is 15.6. The number of hydrogen-bond acceptors (Lipinski definition) is 4. The molecule has 0 aliphatic carbocycles. The largest absolute Gasteiger partial charge is 0.508 e. The van der Waals surface area contributed by atoms with Gasteiger partial charge in [0.1, 0.15) is 5.75 Å². The first-order valence-corrected chi connectivity index (χ1v) is 9.20. The molecule has 1 aliphatic rings. The Morgan fingerprint density at radius 2 is 1.85 bits per heavy atom. The molecule has 0 radical (unpaired) electrons. The lowest BCUT2D eigenvalue weighted by Gasteiger charge is -2.20. The predicted octanol–water partition coefficient (Wildman–Crippen LogP) is 5.18. The molecule has 27 heavy (non-hydrogen) atoms. The van der Waals surface area contributed by atoms with Crippen LogP contribution in [0.25, 0.3) is 22.2 Å². The van der Waals surface area contributed by atoms with E-state index in [9.17, 15) is 5.11 Å². The number of hydrogen-bond donors (Lipinski definition) is 3. The molecule has 0 fully saturated rings. The van der Waals surface area contributed by atoms with Gasteiger partial charge in [-0.1, -0.05) is 38.1 Å². The van der Waals surface area contributed by atoms with Gasteiger partial charge in [-0.2, -0.15) is 5.10 Å². The van der Waals surface area contributed by atoms with Crippen molar-refractivity contribution in [1.29, 1.82) is 0 Å². The maximum absolute atomic E-state index is 9.88. The highest BCUT2D eigenvalue weighted by Crippen LogP contribution is 2.43. The molecule has 0 saturated heterocycles. The molecule has 3 N–H and O–H groups in total. The van der Waals surface area contributed by atoms with Gasteiger partial charge in [-0.15, -0.1) is 5.10 Å². The first-order valence-electron chi connectivity index (χ1n) is 9.20. The third-order valence-electron chi connectivity index (χ3n) is 4.89. The fraction of sp³-hybridized carbons (Fsp3) is 0.182. The molecule has 3 heterocycles. The van der Waals surface area contributed by atoms with E-state index >= 15 is 0 Å². The van der Waals surface area contributed by atoms with Gasteiger partial charge in [0, 0.05) is 34.0 Å². The van der Waals surface area contributed by atoms with Crippen molar-refractivity contribution in [2.75, 3.05) is 5.32 Å². The minimum atomic E-state index is -0.0420. The summed E-state index contributed by atoms with van der Waals surface area (Å²) in [7, 11) is 0. The van der Waals surface area contributed by atoms with E-state index in [0.717, 1.165) is 44.5 Å². The van der Waals surface area contributed by atoms with Crippen LogP contribution in [0.5, 0.6) is 5.75 Å². The minimum absolute atomic E-state index is 0.0420. The fourth-order valence-corrected chi connectivity index (χ4v) is 3.63. The number of phenols is 1. The summed E-state index contributed by atoms with van der Waals surface area (Å²) in [4.78, 5) is 3.24.